The predicted octanol–water partition coefficient (Wildman–Crippen LogP) is 3.38. The fraction of sp³-hybridized carbons (Fsp3) is 0.357. The highest BCUT2D eigenvalue weighted by molar-refractivity contribution is 6.00. The maximum absolute atomic E-state index is 11.8. The summed E-state index contributed by atoms with van der Waals surface area (Å²) >= 11 is 0. The van der Waals surface area contributed by atoms with Gasteiger partial charge in [0.1, 0.15) is 5.52 Å². The van der Waals surface area contributed by atoms with Crippen LogP contribution in [0.25, 0.3) is 10.9 Å². The maximum atomic E-state index is 11.8. The van der Waals surface area contributed by atoms with Crippen molar-refractivity contribution in [3.63, 3.8) is 0 Å². The number of aromatic amines is 1. The van der Waals surface area contributed by atoms with E-state index in [1.807, 2.05) is 13.8 Å². The van der Waals surface area contributed by atoms with E-state index in [1.54, 1.807) is 19.2 Å². The summed E-state index contributed by atoms with van der Waals surface area (Å²) in [6, 6.07) is 2.90. The maximum Gasteiger partial charge on any atom is 0.338 e. The number of nitro groups is 1. The molecule has 2 rings (SSSR count). The quantitative estimate of drug-likeness (QED) is 0.527. The van der Waals surface area contributed by atoms with Crippen LogP contribution in [0.4, 0.5) is 5.69 Å². The Kier molecular flexibility index (Phi) is 3.74. The number of benzene rings is 1. The zero-order valence-electron chi connectivity index (χ0n) is 11.6. The molecule has 2 aromatic rings. The number of carbonyl (C=O) groups excluding carboxylic acids is 1. The Morgan fingerprint density at radius 3 is 2.70 bits per heavy atom. The van der Waals surface area contributed by atoms with Crippen molar-refractivity contribution in [3.05, 3.63) is 39.6 Å². The Morgan fingerprint density at radius 1 is 1.45 bits per heavy atom. The topological polar surface area (TPSA) is 85.2 Å². The van der Waals surface area contributed by atoms with Gasteiger partial charge in [-0.2, -0.15) is 0 Å². The van der Waals surface area contributed by atoms with Gasteiger partial charge in [-0.15, -0.1) is 0 Å². The fourth-order valence-corrected chi connectivity index (χ4v) is 2.19. The third-order valence-corrected chi connectivity index (χ3v) is 3.13. The number of H-pyrrole nitrogens is 1. The number of ether oxygens (including phenoxy) is 1. The van der Waals surface area contributed by atoms with Gasteiger partial charge < -0.3 is 9.72 Å². The van der Waals surface area contributed by atoms with Crippen molar-refractivity contribution in [3.8, 4) is 0 Å². The number of carbonyl (C=O) groups is 1. The molecule has 1 heterocycles. The summed E-state index contributed by atoms with van der Waals surface area (Å²) in [7, 11) is 0. The molecule has 0 unspecified atom stereocenters. The van der Waals surface area contributed by atoms with E-state index in [0.29, 0.717) is 10.9 Å². The highest BCUT2D eigenvalue weighted by atomic mass is 16.6. The first-order chi connectivity index (χ1) is 9.45. The van der Waals surface area contributed by atoms with E-state index in [2.05, 4.69) is 4.98 Å². The van der Waals surface area contributed by atoms with Gasteiger partial charge in [0.15, 0.2) is 0 Å². The van der Waals surface area contributed by atoms with Crippen molar-refractivity contribution in [2.24, 2.45) is 0 Å². The Balaban J connectivity index is 2.70. The van der Waals surface area contributed by atoms with E-state index in [1.165, 1.54) is 6.07 Å². The van der Waals surface area contributed by atoms with Gasteiger partial charge in [0.25, 0.3) is 5.69 Å². The van der Waals surface area contributed by atoms with Crippen molar-refractivity contribution in [2.45, 2.75) is 26.7 Å². The normalized spacial score (nSPS) is 11.0. The summed E-state index contributed by atoms with van der Waals surface area (Å²) < 4.78 is 4.92. The second kappa shape index (κ2) is 5.32. The summed E-state index contributed by atoms with van der Waals surface area (Å²) in [4.78, 5) is 25.4. The molecule has 106 valence electrons. The van der Waals surface area contributed by atoms with Gasteiger partial charge in [-0.25, -0.2) is 4.79 Å². The largest absolute Gasteiger partial charge is 0.462 e. The smallest absolute Gasteiger partial charge is 0.338 e. The number of non-ortho nitro benzene ring substituents is 1. The lowest BCUT2D eigenvalue weighted by molar-refractivity contribution is -0.383. The lowest BCUT2D eigenvalue weighted by atomic mass is 10.0. The summed E-state index contributed by atoms with van der Waals surface area (Å²) in [6.07, 6.45) is 1.75. The van der Waals surface area contributed by atoms with Gasteiger partial charge >= 0.3 is 5.97 Å². The monoisotopic (exact) mass is 276 g/mol. The van der Waals surface area contributed by atoms with Crippen LogP contribution in [0.3, 0.4) is 0 Å². The second-order valence-corrected chi connectivity index (χ2v) is 4.79. The van der Waals surface area contributed by atoms with Crippen molar-refractivity contribution in [2.75, 3.05) is 6.61 Å². The van der Waals surface area contributed by atoms with Gasteiger partial charge in [-0.3, -0.25) is 10.1 Å². The van der Waals surface area contributed by atoms with Crippen molar-refractivity contribution >= 4 is 22.6 Å². The van der Waals surface area contributed by atoms with E-state index in [9.17, 15) is 14.9 Å². The van der Waals surface area contributed by atoms with Crippen LogP contribution in [0.1, 0.15) is 42.6 Å². The number of aromatic nitrogens is 1. The molecule has 0 atom stereocenters. The predicted molar refractivity (Wildman–Crippen MR) is 75.0 cm³/mol. The standard InChI is InChI=1S/C14H16N2O4/c1-4-20-14(17)9-5-10-11(8(2)3)7-15-13(10)12(6-9)16(18)19/h5-8,15H,4H2,1-3H3. The first-order valence-corrected chi connectivity index (χ1v) is 6.42. The van der Waals surface area contributed by atoms with Gasteiger partial charge in [0.2, 0.25) is 0 Å². The zero-order chi connectivity index (χ0) is 14.9. The first kappa shape index (κ1) is 14.0. The zero-order valence-corrected chi connectivity index (χ0v) is 11.6. The van der Waals surface area contributed by atoms with Crippen molar-refractivity contribution < 1.29 is 14.5 Å². The molecule has 1 aromatic carbocycles. The second-order valence-electron chi connectivity index (χ2n) is 4.79. The molecule has 0 amide bonds. The van der Waals surface area contributed by atoms with Crippen LogP contribution in [0, 0.1) is 10.1 Å². The highest BCUT2D eigenvalue weighted by Gasteiger charge is 2.21. The molecule has 0 saturated heterocycles. The minimum absolute atomic E-state index is 0.113. The van der Waals surface area contributed by atoms with Gasteiger partial charge in [-0.1, -0.05) is 13.8 Å². The molecule has 1 aromatic heterocycles. The number of fused-ring (bicyclic) bond motifs is 1. The lowest BCUT2D eigenvalue weighted by Crippen LogP contribution is -2.05. The number of hydrogen-bond donors (Lipinski definition) is 1. The molecule has 6 heteroatoms. The fourth-order valence-electron chi connectivity index (χ4n) is 2.19. The molecule has 0 aliphatic carbocycles. The molecule has 0 saturated carbocycles. The molecule has 0 bridgehead atoms. The number of nitrogens with one attached hydrogen (secondary N) is 1. The van der Waals surface area contributed by atoms with Crippen molar-refractivity contribution in [1.29, 1.82) is 0 Å². The summed E-state index contributed by atoms with van der Waals surface area (Å²) in [5, 5.41) is 11.9. The molecule has 0 aliphatic rings. The van der Waals surface area contributed by atoms with Gasteiger partial charge in [0.05, 0.1) is 17.1 Å². The summed E-state index contributed by atoms with van der Waals surface area (Å²) in [5.41, 5.74) is 1.46. The first-order valence-electron chi connectivity index (χ1n) is 6.42. The Hall–Kier alpha value is -2.37. The molecule has 20 heavy (non-hydrogen) atoms. The Bertz CT molecular complexity index is 673. The molecule has 6 nitrogen and oxygen atoms in total. The van der Waals surface area contributed by atoms with Crippen LogP contribution in [0.2, 0.25) is 0 Å². The van der Waals surface area contributed by atoms with E-state index < -0.39 is 10.9 Å². The molecule has 0 spiro atoms. The van der Waals surface area contributed by atoms with E-state index in [4.69, 9.17) is 4.74 Å². The van der Waals surface area contributed by atoms with Crippen LogP contribution in [-0.4, -0.2) is 22.5 Å². The van der Waals surface area contributed by atoms with Crippen LogP contribution >= 0.6 is 0 Å². The minimum Gasteiger partial charge on any atom is -0.462 e. The minimum atomic E-state index is -0.548. The van der Waals surface area contributed by atoms with Crippen molar-refractivity contribution in [1.82, 2.24) is 4.98 Å². The van der Waals surface area contributed by atoms with Crippen LogP contribution < -0.4 is 0 Å². The SMILES string of the molecule is CCOC(=O)c1cc([N+](=O)[O-])c2[nH]cc(C(C)C)c2c1. The summed E-state index contributed by atoms with van der Waals surface area (Å²) in [5.74, 6) is -0.353. The number of nitrogens with zero attached hydrogens (tertiary/aromatic N) is 1. The van der Waals surface area contributed by atoms with E-state index in [0.717, 1.165) is 5.56 Å². The average Bonchev–Trinajstić information content (AvgIpc) is 2.81. The molecule has 0 radical (unpaired) electrons. The lowest BCUT2D eigenvalue weighted by Gasteiger charge is -2.05. The molecule has 0 aliphatic heterocycles. The molecule has 1 N–H and O–H groups in total. The highest BCUT2D eigenvalue weighted by Crippen LogP contribution is 2.32. The van der Waals surface area contributed by atoms with Crippen LogP contribution in [-0.2, 0) is 4.74 Å². The van der Waals surface area contributed by atoms with Gasteiger partial charge in [0, 0.05) is 17.6 Å². The van der Waals surface area contributed by atoms with Crippen LogP contribution in [0.15, 0.2) is 18.3 Å². The van der Waals surface area contributed by atoms with E-state index >= 15 is 0 Å². The molecular weight excluding hydrogens is 260 g/mol. The number of rotatable bonds is 4. The summed E-state index contributed by atoms with van der Waals surface area (Å²) in [6.45, 7) is 5.91. The van der Waals surface area contributed by atoms with Gasteiger partial charge in [-0.05, 0) is 24.5 Å². The molecular formula is C14H16N2O4. The Labute approximate surface area is 115 Å². The Morgan fingerprint density at radius 2 is 2.15 bits per heavy atom. The number of hydrogen-bond acceptors (Lipinski definition) is 4. The number of esters is 1. The average molecular weight is 276 g/mol. The third-order valence-electron chi connectivity index (χ3n) is 3.13. The van der Waals surface area contributed by atoms with E-state index in [-0.39, 0.29) is 23.8 Å². The number of nitro benzene ring substituents is 1. The third kappa shape index (κ3) is 2.36. The van der Waals surface area contributed by atoms with Crippen LogP contribution in [0.5, 0.6) is 0 Å². The molecule has 0 fully saturated rings.